The lowest BCUT2D eigenvalue weighted by atomic mass is 10.1. The second kappa shape index (κ2) is 6.16. The van der Waals surface area contributed by atoms with Gasteiger partial charge in [-0.25, -0.2) is 0 Å². The van der Waals surface area contributed by atoms with Crippen LogP contribution in [0.15, 0.2) is 6.07 Å². The van der Waals surface area contributed by atoms with Crippen molar-refractivity contribution in [3.63, 3.8) is 0 Å². The maximum Gasteiger partial charge on any atom is 0.274 e. The summed E-state index contributed by atoms with van der Waals surface area (Å²) in [6, 6.07) is 1.84. The first kappa shape index (κ1) is 14.0. The first-order chi connectivity index (χ1) is 9.11. The number of aromatic nitrogens is 2. The normalized spacial score (nSPS) is 17.2. The van der Waals surface area contributed by atoms with E-state index < -0.39 is 0 Å². The molecule has 1 fully saturated rings. The molecule has 0 aromatic carbocycles. The van der Waals surface area contributed by atoms with Gasteiger partial charge in [-0.3, -0.25) is 14.8 Å². The number of amides is 1. The summed E-state index contributed by atoms with van der Waals surface area (Å²) in [5.41, 5.74) is 1.49. The van der Waals surface area contributed by atoms with Crippen molar-refractivity contribution in [3.05, 3.63) is 17.5 Å². The Balaban J connectivity index is 1.93. The van der Waals surface area contributed by atoms with E-state index in [9.17, 15) is 4.79 Å². The van der Waals surface area contributed by atoms with Crippen molar-refractivity contribution in [2.45, 2.75) is 19.8 Å². The number of hydrogen-bond donors (Lipinski definition) is 2. The van der Waals surface area contributed by atoms with E-state index in [1.54, 1.807) is 0 Å². The van der Waals surface area contributed by atoms with Crippen LogP contribution in [0.4, 0.5) is 0 Å². The highest BCUT2D eigenvalue weighted by Gasteiger charge is 2.23. The fourth-order valence-corrected chi connectivity index (χ4v) is 2.22. The number of piperazine rings is 1. The van der Waals surface area contributed by atoms with E-state index in [2.05, 4.69) is 28.9 Å². The van der Waals surface area contributed by atoms with Crippen LogP contribution in [-0.2, 0) is 0 Å². The standard InChI is InChI=1S/C13H22N4O2/c1-10(2)11-9-12(15-14-11)13(19)17-5-3-16(4-6-17)7-8-18/h9-10,18H,3-8H2,1-2H3,(H,14,15). The minimum atomic E-state index is -0.00759. The zero-order valence-electron chi connectivity index (χ0n) is 11.6. The maximum atomic E-state index is 12.3. The Labute approximate surface area is 113 Å². The largest absolute Gasteiger partial charge is 0.395 e. The molecule has 19 heavy (non-hydrogen) atoms. The van der Waals surface area contributed by atoms with Crippen molar-refractivity contribution < 1.29 is 9.90 Å². The molecule has 0 radical (unpaired) electrons. The Morgan fingerprint density at radius 2 is 2.11 bits per heavy atom. The van der Waals surface area contributed by atoms with E-state index in [-0.39, 0.29) is 12.5 Å². The molecule has 1 aromatic rings. The molecule has 2 N–H and O–H groups in total. The van der Waals surface area contributed by atoms with Gasteiger partial charge in [0.2, 0.25) is 0 Å². The summed E-state index contributed by atoms with van der Waals surface area (Å²) in [5, 5.41) is 15.9. The van der Waals surface area contributed by atoms with E-state index in [0.717, 1.165) is 18.8 Å². The molecule has 0 aliphatic carbocycles. The van der Waals surface area contributed by atoms with Crippen LogP contribution >= 0.6 is 0 Å². The first-order valence-corrected chi connectivity index (χ1v) is 6.79. The summed E-state index contributed by atoms with van der Waals surface area (Å²) in [5.74, 6) is 0.335. The third-order valence-corrected chi connectivity index (χ3v) is 3.51. The molecule has 6 nitrogen and oxygen atoms in total. The number of β-amino-alcohol motifs (C(OH)–C–C–N with tert-alkyl or cyclic N) is 1. The predicted octanol–water partition coefficient (Wildman–Crippen LogP) is 0.283. The molecule has 1 saturated heterocycles. The van der Waals surface area contributed by atoms with Crippen molar-refractivity contribution in [3.8, 4) is 0 Å². The minimum Gasteiger partial charge on any atom is -0.395 e. The van der Waals surface area contributed by atoms with Gasteiger partial charge in [-0.2, -0.15) is 5.10 Å². The Hall–Kier alpha value is -1.40. The van der Waals surface area contributed by atoms with Gasteiger partial charge in [-0.15, -0.1) is 0 Å². The SMILES string of the molecule is CC(C)c1cc(C(=O)N2CCN(CCO)CC2)n[nH]1. The topological polar surface area (TPSA) is 72.5 Å². The summed E-state index contributed by atoms with van der Waals surface area (Å²) in [6.45, 7) is 8.00. The van der Waals surface area contributed by atoms with E-state index in [1.165, 1.54) is 0 Å². The smallest absolute Gasteiger partial charge is 0.274 e. The lowest BCUT2D eigenvalue weighted by Gasteiger charge is -2.33. The fourth-order valence-electron chi connectivity index (χ4n) is 2.22. The zero-order chi connectivity index (χ0) is 13.8. The molecule has 2 heterocycles. The molecular weight excluding hydrogens is 244 g/mol. The van der Waals surface area contributed by atoms with Crippen LogP contribution in [-0.4, -0.2) is 70.3 Å². The Morgan fingerprint density at radius 3 is 2.63 bits per heavy atom. The monoisotopic (exact) mass is 266 g/mol. The third-order valence-electron chi connectivity index (χ3n) is 3.51. The Kier molecular flexibility index (Phi) is 4.55. The Bertz CT molecular complexity index is 422. The molecule has 0 spiro atoms. The molecule has 2 rings (SSSR count). The number of aliphatic hydroxyl groups is 1. The van der Waals surface area contributed by atoms with Gasteiger partial charge in [0.25, 0.3) is 5.91 Å². The van der Waals surface area contributed by atoms with Crippen molar-refractivity contribution >= 4 is 5.91 Å². The Morgan fingerprint density at radius 1 is 1.42 bits per heavy atom. The molecule has 1 aliphatic rings. The second-order valence-corrected chi connectivity index (χ2v) is 5.22. The van der Waals surface area contributed by atoms with Crippen molar-refractivity contribution in [2.75, 3.05) is 39.3 Å². The number of rotatable bonds is 4. The maximum absolute atomic E-state index is 12.3. The third kappa shape index (κ3) is 3.33. The highest BCUT2D eigenvalue weighted by molar-refractivity contribution is 5.92. The zero-order valence-corrected chi connectivity index (χ0v) is 11.6. The molecule has 0 unspecified atom stereocenters. The summed E-state index contributed by atoms with van der Waals surface area (Å²) in [6.07, 6.45) is 0. The predicted molar refractivity (Wildman–Crippen MR) is 72.1 cm³/mol. The average Bonchev–Trinajstić information content (AvgIpc) is 2.89. The summed E-state index contributed by atoms with van der Waals surface area (Å²) in [7, 11) is 0. The van der Waals surface area contributed by atoms with E-state index >= 15 is 0 Å². The van der Waals surface area contributed by atoms with Gasteiger partial charge in [0, 0.05) is 38.4 Å². The van der Waals surface area contributed by atoms with Gasteiger partial charge < -0.3 is 10.0 Å². The second-order valence-electron chi connectivity index (χ2n) is 5.22. The van der Waals surface area contributed by atoms with Crippen molar-refractivity contribution in [2.24, 2.45) is 0 Å². The molecule has 6 heteroatoms. The number of carbonyl (C=O) groups excluding carboxylic acids is 1. The molecule has 106 valence electrons. The number of nitrogens with zero attached hydrogens (tertiary/aromatic N) is 3. The van der Waals surface area contributed by atoms with Gasteiger partial charge in [0.1, 0.15) is 5.69 Å². The van der Waals surface area contributed by atoms with Crippen LogP contribution in [0, 0.1) is 0 Å². The molecular formula is C13H22N4O2. The van der Waals surface area contributed by atoms with Gasteiger partial charge in [0.15, 0.2) is 0 Å². The van der Waals surface area contributed by atoms with E-state index in [1.807, 2.05) is 11.0 Å². The van der Waals surface area contributed by atoms with Crippen molar-refractivity contribution in [1.82, 2.24) is 20.0 Å². The number of nitrogens with one attached hydrogen (secondary N) is 1. The van der Waals surface area contributed by atoms with Crippen LogP contribution < -0.4 is 0 Å². The molecule has 0 bridgehead atoms. The van der Waals surface area contributed by atoms with Crippen LogP contribution in [0.2, 0.25) is 0 Å². The molecule has 1 aliphatic heterocycles. The van der Waals surface area contributed by atoms with Gasteiger partial charge in [0.05, 0.1) is 6.61 Å². The lowest BCUT2D eigenvalue weighted by molar-refractivity contribution is 0.0609. The number of aliphatic hydroxyl groups excluding tert-OH is 1. The number of hydrogen-bond acceptors (Lipinski definition) is 4. The molecule has 1 amide bonds. The van der Waals surface area contributed by atoms with Gasteiger partial charge in [-0.1, -0.05) is 13.8 Å². The number of H-pyrrole nitrogens is 1. The average molecular weight is 266 g/mol. The highest BCUT2D eigenvalue weighted by atomic mass is 16.3. The van der Waals surface area contributed by atoms with E-state index in [0.29, 0.717) is 31.2 Å². The number of carbonyl (C=O) groups is 1. The van der Waals surface area contributed by atoms with Gasteiger partial charge >= 0.3 is 0 Å². The summed E-state index contributed by atoms with van der Waals surface area (Å²) >= 11 is 0. The minimum absolute atomic E-state index is 0.00759. The van der Waals surface area contributed by atoms with Crippen LogP contribution in [0.1, 0.15) is 35.9 Å². The first-order valence-electron chi connectivity index (χ1n) is 6.79. The fraction of sp³-hybridized carbons (Fsp3) is 0.692. The molecule has 0 saturated carbocycles. The van der Waals surface area contributed by atoms with Crippen LogP contribution in [0.3, 0.4) is 0 Å². The molecule has 1 aromatic heterocycles. The summed E-state index contributed by atoms with van der Waals surface area (Å²) < 4.78 is 0. The van der Waals surface area contributed by atoms with E-state index in [4.69, 9.17) is 5.11 Å². The van der Waals surface area contributed by atoms with Crippen LogP contribution in [0.5, 0.6) is 0 Å². The van der Waals surface area contributed by atoms with Crippen molar-refractivity contribution in [1.29, 1.82) is 0 Å². The van der Waals surface area contributed by atoms with Gasteiger partial charge in [-0.05, 0) is 12.0 Å². The lowest BCUT2D eigenvalue weighted by Crippen LogP contribution is -2.49. The van der Waals surface area contributed by atoms with Crippen LogP contribution in [0.25, 0.3) is 0 Å². The summed E-state index contributed by atoms with van der Waals surface area (Å²) in [4.78, 5) is 16.3. The number of aromatic amines is 1. The molecule has 0 atom stereocenters. The highest BCUT2D eigenvalue weighted by Crippen LogP contribution is 2.14. The quantitative estimate of drug-likeness (QED) is 0.821.